The van der Waals surface area contributed by atoms with Crippen LogP contribution in [0.1, 0.15) is 69.2 Å². The summed E-state index contributed by atoms with van der Waals surface area (Å²) in [5, 5.41) is 24.1. The average molecular weight is 584 g/mol. The first-order valence-corrected chi connectivity index (χ1v) is 13.1. The minimum atomic E-state index is -2.98. The van der Waals surface area contributed by atoms with Crippen LogP contribution in [0.4, 0.5) is 8.78 Å². The Morgan fingerprint density at radius 3 is 2.56 bits per heavy atom. The molecular formula is C28H24ClF2N5O5. The maximum Gasteiger partial charge on any atom is 0.387 e. The van der Waals surface area contributed by atoms with E-state index in [9.17, 15) is 33.5 Å². The highest BCUT2D eigenvalue weighted by atomic mass is 35.5. The Kier molecular flexibility index (Phi) is 7.40. The molecule has 0 saturated carbocycles. The third kappa shape index (κ3) is 5.09. The van der Waals surface area contributed by atoms with Gasteiger partial charge in [-0.1, -0.05) is 23.7 Å². The van der Waals surface area contributed by atoms with E-state index in [2.05, 4.69) is 9.84 Å². The molecule has 3 aromatic rings. The van der Waals surface area contributed by atoms with Gasteiger partial charge in [-0.05, 0) is 49.7 Å². The maximum absolute atomic E-state index is 13.9. The first-order valence-electron chi connectivity index (χ1n) is 12.7. The lowest BCUT2D eigenvalue weighted by atomic mass is 9.96. The minimum Gasteiger partial charge on any atom is -0.480 e. The van der Waals surface area contributed by atoms with Crippen molar-refractivity contribution in [3.05, 3.63) is 81.1 Å². The normalized spacial score (nSPS) is 18.9. The molecule has 3 heterocycles. The van der Waals surface area contributed by atoms with Crippen molar-refractivity contribution in [3.8, 4) is 11.8 Å². The SMILES string of the molecule is C[C@@H]1Cc2nn3c(c2CN1C(=O)c1ccc(Cl)c(C#N)c1)C(=O)N([C@@H](C)c1ccc(OC(F)F)cc1)C[C@H]3C(=O)O. The summed E-state index contributed by atoms with van der Waals surface area (Å²) in [6, 6.07) is 10.0. The zero-order chi connectivity index (χ0) is 29.6. The van der Waals surface area contributed by atoms with Gasteiger partial charge in [-0.2, -0.15) is 19.1 Å². The van der Waals surface area contributed by atoms with Crippen molar-refractivity contribution in [2.24, 2.45) is 0 Å². The number of rotatable bonds is 6. The smallest absolute Gasteiger partial charge is 0.387 e. The fraction of sp³-hybridized carbons (Fsp3) is 0.321. The van der Waals surface area contributed by atoms with Crippen molar-refractivity contribution in [1.82, 2.24) is 19.6 Å². The fourth-order valence-corrected chi connectivity index (χ4v) is 5.46. The molecule has 0 unspecified atom stereocenters. The summed E-state index contributed by atoms with van der Waals surface area (Å²) in [7, 11) is 0. The summed E-state index contributed by atoms with van der Waals surface area (Å²) < 4.78 is 30.7. The van der Waals surface area contributed by atoms with Crippen LogP contribution >= 0.6 is 11.6 Å². The number of nitrogens with zero attached hydrogens (tertiary/aromatic N) is 5. The number of hydrogen-bond donors (Lipinski definition) is 1. The molecule has 0 bridgehead atoms. The van der Waals surface area contributed by atoms with Gasteiger partial charge in [-0.25, -0.2) is 9.48 Å². The Hall–Kier alpha value is -4.50. The maximum atomic E-state index is 13.9. The molecule has 0 spiro atoms. The van der Waals surface area contributed by atoms with Gasteiger partial charge in [0.05, 0.1) is 35.4 Å². The number of fused-ring (bicyclic) bond motifs is 3. The van der Waals surface area contributed by atoms with Crippen molar-refractivity contribution in [3.63, 3.8) is 0 Å². The van der Waals surface area contributed by atoms with Crippen LogP contribution in [0.25, 0.3) is 0 Å². The van der Waals surface area contributed by atoms with Gasteiger partial charge >= 0.3 is 12.6 Å². The van der Waals surface area contributed by atoms with Gasteiger partial charge in [0.25, 0.3) is 11.8 Å². The van der Waals surface area contributed by atoms with Crippen LogP contribution in [0.15, 0.2) is 42.5 Å². The zero-order valence-corrected chi connectivity index (χ0v) is 22.7. The van der Waals surface area contributed by atoms with Gasteiger partial charge in [0.15, 0.2) is 6.04 Å². The number of alkyl halides is 2. The summed E-state index contributed by atoms with van der Waals surface area (Å²) in [5.74, 6) is -2.05. The highest BCUT2D eigenvalue weighted by molar-refractivity contribution is 6.31. The second-order valence-electron chi connectivity index (χ2n) is 9.95. The van der Waals surface area contributed by atoms with Crippen LogP contribution in [0.5, 0.6) is 5.75 Å². The fourth-order valence-electron chi connectivity index (χ4n) is 5.30. The molecule has 13 heteroatoms. The van der Waals surface area contributed by atoms with Crippen molar-refractivity contribution in [2.45, 2.75) is 51.6 Å². The number of halogens is 3. The molecular weight excluding hydrogens is 560 g/mol. The van der Waals surface area contributed by atoms with Crippen LogP contribution in [0.2, 0.25) is 5.02 Å². The third-order valence-electron chi connectivity index (χ3n) is 7.50. The van der Waals surface area contributed by atoms with Gasteiger partial charge < -0.3 is 19.6 Å². The molecule has 0 saturated heterocycles. The quantitative estimate of drug-likeness (QED) is 0.454. The number of nitriles is 1. The number of carbonyl (C=O) groups excluding carboxylic acids is 2. The van der Waals surface area contributed by atoms with E-state index in [1.54, 1.807) is 11.8 Å². The standard InChI is InChI=1S/C28H24ClF2N5O5/c1-14-9-22-20(12-34(14)25(37)17-5-8-21(29)18(10-17)11-32)24-26(38)35(13-23(27(39)40)36(24)33-22)15(2)16-3-6-19(7-4-16)41-28(30)31/h3-8,10,14-15,23,28H,9,12-13H2,1-2H3,(H,39,40)/t14-,15+,23+/m1/s1. The van der Waals surface area contributed by atoms with E-state index in [4.69, 9.17) is 11.6 Å². The van der Waals surface area contributed by atoms with E-state index >= 15 is 0 Å². The van der Waals surface area contributed by atoms with Crippen molar-refractivity contribution in [2.75, 3.05) is 6.54 Å². The van der Waals surface area contributed by atoms with Gasteiger partial charge in [-0.15, -0.1) is 0 Å². The highest BCUT2D eigenvalue weighted by Gasteiger charge is 2.43. The molecule has 1 aromatic heterocycles. The number of benzene rings is 2. The number of carboxylic acid groups (broad SMARTS) is 1. The van der Waals surface area contributed by atoms with E-state index in [0.29, 0.717) is 23.2 Å². The van der Waals surface area contributed by atoms with Crippen LogP contribution in [0.3, 0.4) is 0 Å². The number of carbonyl (C=O) groups is 3. The summed E-state index contributed by atoms with van der Waals surface area (Å²) in [6.45, 7) is 0.399. The third-order valence-corrected chi connectivity index (χ3v) is 7.83. The molecule has 2 amide bonds. The number of amides is 2. The average Bonchev–Trinajstić information content (AvgIpc) is 3.30. The summed E-state index contributed by atoms with van der Waals surface area (Å²) in [4.78, 5) is 42.7. The molecule has 0 radical (unpaired) electrons. The molecule has 1 N–H and O–H groups in total. The second-order valence-corrected chi connectivity index (χ2v) is 10.4. The van der Waals surface area contributed by atoms with Gasteiger partial charge in [0.2, 0.25) is 0 Å². The topological polar surface area (TPSA) is 129 Å². The number of carboxylic acids is 1. The Labute approximate surface area is 238 Å². The van der Waals surface area contributed by atoms with Crippen molar-refractivity contribution >= 4 is 29.4 Å². The first-order chi connectivity index (χ1) is 19.5. The Morgan fingerprint density at radius 1 is 1.22 bits per heavy atom. The zero-order valence-electron chi connectivity index (χ0n) is 21.9. The molecule has 212 valence electrons. The molecule has 0 fully saturated rings. The number of aromatic nitrogens is 2. The summed E-state index contributed by atoms with van der Waals surface area (Å²) >= 11 is 6.03. The summed E-state index contributed by atoms with van der Waals surface area (Å²) in [6.07, 6.45) is 0.292. The highest BCUT2D eigenvalue weighted by Crippen LogP contribution is 2.36. The molecule has 2 aromatic carbocycles. The lowest BCUT2D eigenvalue weighted by Gasteiger charge is -2.37. The lowest BCUT2D eigenvalue weighted by molar-refractivity contribution is -0.142. The number of ether oxygens (including phenoxy) is 1. The van der Waals surface area contributed by atoms with Crippen molar-refractivity contribution < 1.29 is 33.0 Å². The van der Waals surface area contributed by atoms with E-state index in [0.717, 1.165) is 0 Å². The van der Waals surface area contributed by atoms with Crippen LogP contribution in [0, 0.1) is 11.3 Å². The molecule has 3 atom stereocenters. The molecule has 41 heavy (non-hydrogen) atoms. The minimum absolute atomic E-state index is 0.00907. The van der Waals surface area contributed by atoms with Crippen molar-refractivity contribution in [1.29, 1.82) is 5.26 Å². The Morgan fingerprint density at radius 2 is 1.93 bits per heavy atom. The van der Waals surface area contributed by atoms with E-state index in [-0.39, 0.29) is 52.6 Å². The van der Waals surface area contributed by atoms with E-state index < -0.39 is 30.6 Å². The van der Waals surface area contributed by atoms with Crippen LogP contribution < -0.4 is 4.74 Å². The molecule has 5 rings (SSSR count). The van der Waals surface area contributed by atoms with Gasteiger partial charge in [-0.3, -0.25) is 9.59 Å². The molecule has 2 aliphatic heterocycles. The monoisotopic (exact) mass is 583 g/mol. The largest absolute Gasteiger partial charge is 0.480 e. The predicted octanol–water partition coefficient (Wildman–Crippen LogP) is 4.44. The second kappa shape index (κ2) is 10.8. The Bertz CT molecular complexity index is 1590. The molecule has 2 aliphatic rings. The van der Waals surface area contributed by atoms with Gasteiger partial charge in [0, 0.05) is 23.6 Å². The summed E-state index contributed by atoms with van der Waals surface area (Å²) in [5.41, 5.74) is 2.08. The van der Waals surface area contributed by atoms with Gasteiger partial charge in [0.1, 0.15) is 17.5 Å². The number of hydrogen-bond acceptors (Lipinski definition) is 6. The first kappa shape index (κ1) is 28.0. The molecule has 10 nitrogen and oxygen atoms in total. The lowest BCUT2D eigenvalue weighted by Crippen LogP contribution is -2.47. The van der Waals surface area contributed by atoms with E-state index in [1.165, 1.54) is 52.0 Å². The van der Waals surface area contributed by atoms with E-state index in [1.807, 2.05) is 13.0 Å². The number of aliphatic carboxylic acids is 1. The predicted molar refractivity (Wildman–Crippen MR) is 141 cm³/mol. The van der Waals surface area contributed by atoms with Crippen LogP contribution in [-0.4, -0.2) is 61.7 Å². The molecule has 0 aliphatic carbocycles. The Balaban J connectivity index is 1.48. The van der Waals surface area contributed by atoms with Crippen LogP contribution in [-0.2, 0) is 17.8 Å².